The third-order valence-corrected chi connectivity index (χ3v) is 3.10. The minimum atomic E-state index is -0.240. The minimum absolute atomic E-state index is 0.219. The molecule has 0 unspecified atom stereocenters. The summed E-state index contributed by atoms with van der Waals surface area (Å²) in [6.45, 7) is 0. The van der Waals surface area contributed by atoms with Crippen LogP contribution >= 0.6 is 12.2 Å². The maximum Gasteiger partial charge on any atom is 0.320 e. The van der Waals surface area contributed by atoms with Gasteiger partial charge < -0.3 is 11.1 Å². The van der Waals surface area contributed by atoms with E-state index in [0.29, 0.717) is 11.4 Å². The predicted octanol–water partition coefficient (Wildman–Crippen LogP) is 0.728. The van der Waals surface area contributed by atoms with Crippen LogP contribution in [0.15, 0.2) is 6.20 Å². The van der Waals surface area contributed by atoms with E-state index in [1.165, 1.54) is 11.1 Å². The molecule has 0 radical (unpaired) electrons. The Morgan fingerprint density at radius 2 is 2.35 bits per heavy atom. The van der Waals surface area contributed by atoms with Crippen LogP contribution in [0.2, 0.25) is 0 Å². The highest BCUT2D eigenvalue weighted by Gasteiger charge is 2.20. The number of nitrogens with zero attached hydrogens (tertiary/aromatic N) is 2. The first-order valence-electron chi connectivity index (χ1n) is 5.47. The number of hydrogen-bond acceptors (Lipinski definition) is 3. The second-order valence-electron chi connectivity index (χ2n) is 4.12. The molecule has 1 aliphatic rings. The topological polar surface area (TPSA) is 85.0 Å². The SMILES string of the molecule is Cn1ncc(C(N)=S)c1NC(=O)NC1CCC1. The van der Waals surface area contributed by atoms with Crippen LogP contribution in [-0.2, 0) is 7.05 Å². The molecule has 1 aromatic heterocycles. The Balaban J connectivity index is 2.03. The van der Waals surface area contributed by atoms with Gasteiger partial charge in [0.05, 0.1) is 11.8 Å². The average molecular weight is 253 g/mol. The van der Waals surface area contributed by atoms with Gasteiger partial charge in [-0.1, -0.05) is 12.2 Å². The Hall–Kier alpha value is -1.63. The number of aromatic nitrogens is 2. The van der Waals surface area contributed by atoms with Gasteiger partial charge in [-0.25, -0.2) is 4.79 Å². The van der Waals surface area contributed by atoms with Crippen LogP contribution in [-0.4, -0.2) is 26.8 Å². The van der Waals surface area contributed by atoms with E-state index in [2.05, 4.69) is 15.7 Å². The molecule has 92 valence electrons. The summed E-state index contributed by atoms with van der Waals surface area (Å²) in [5.41, 5.74) is 6.12. The second-order valence-corrected chi connectivity index (χ2v) is 4.56. The quantitative estimate of drug-likeness (QED) is 0.693. The summed E-state index contributed by atoms with van der Waals surface area (Å²) in [5, 5.41) is 9.61. The van der Waals surface area contributed by atoms with Crippen LogP contribution in [0.4, 0.5) is 10.6 Å². The molecule has 0 saturated heterocycles. The fourth-order valence-corrected chi connectivity index (χ4v) is 1.80. The Kier molecular flexibility index (Phi) is 3.28. The van der Waals surface area contributed by atoms with Crippen molar-refractivity contribution in [3.63, 3.8) is 0 Å². The molecular weight excluding hydrogens is 238 g/mol. The summed E-state index contributed by atoms with van der Waals surface area (Å²) in [5.74, 6) is 0.523. The standard InChI is InChI=1S/C10H15N5OS/c1-15-9(7(5-12-15)8(11)17)14-10(16)13-6-3-2-4-6/h5-6H,2-4H2,1H3,(H2,11,17)(H2,13,14,16). The Labute approximate surface area is 105 Å². The number of nitrogens with one attached hydrogen (secondary N) is 2. The lowest BCUT2D eigenvalue weighted by atomic mass is 9.93. The molecule has 17 heavy (non-hydrogen) atoms. The van der Waals surface area contributed by atoms with Crippen molar-refractivity contribution in [3.05, 3.63) is 11.8 Å². The van der Waals surface area contributed by atoms with Gasteiger partial charge in [-0.15, -0.1) is 0 Å². The summed E-state index contributed by atoms with van der Waals surface area (Å²) in [7, 11) is 1.72. The van der Waals surface area contributed by atoms with Crippen molar-refractivity contribution in [2.45, 2.75) is 25.3 Å². The number of nitrogens with two attached hydrogens (primary N) is 1. The molecule has 1 heterocycles. The smallest absolute Gasteiger partial charge is 0.320 e. The van der Waals surface area contributed by atoms with Crippen molar-refractivity contribution in [1.29, 1.82) is 0 Å². The molecule has 0 spiro atoms. The zero-order valence-electron chi connectivity index (χ0n) is 9.56. The number of amides is 2. The van der Waals surface area contributed by atoms with Gasteiger partial charge in [0.25, 0.3) is 0 Å². The first-order valence-corrected chi connectivity index (χ1v) is 5.88. The number of urea groups is 1. The fraction of sp³-hybridized carbons (Fsp3) is 0.500. The lowest BCUT2D eigenvalue weighted by molar-refractivity contribution is 0.240. The first-order chi connectivity index (χ1) is 8.08. The van der Waals surface area contributed by atoms with E-state index in [0.717, 1.165) is 12.8 Å². The second kappa shape index (κ2) is 4.70. The molecule has 1 fully saturated rings. The van der Waals surface area contributed by atoms with Gasteiger partial charge in [-0.2, -0.15) is 5.10 Å². The third kappa shape index (κ3) is 2.55. The van der Waals surface area contributed by atoms with Crippen LogP contribution in [0, 0.1) is 0 Å². The lowest BCUT2D eigenvalue weighted by Crippen LogP contribution is -2.42. The van der Waals surface area contributed by atoms with Crippen LogP contribution < -0.4 is 16.4 Å². The van der Waals surface area contributed by atoms with E-state index in [9.17, 15) is 4.79 Å². The number of rotatable bonds is 3. The van der Waals surface area contributed by atoms with Crippen molar-refractivity contribution in [3.8, 4) is 0 Å². The fourth-order valence-electron chi connectivity index (χ4n) is 1.65. The summed E-state index contributed by atoms with van der Waals surface area (Å²) in [4.78, 5) is 11.9. The zero-order valence-corrected chi connectivity index (χ0v) is 10.4. The molecule has 2 rings (SSSR count). The monoisotopic (exact) mass is 253 g/mol. The van der Waals surface area contributed by atoms with E-state index >= 15 is 0 Å². The minimum Gasteiger partial charge on any atom is -0.389 e. The van der Waals surface area contributed by atoms with E-state index < -0.39 is 0 Å². The van der Waals surface area contributed by atoms with Gasteiger partial charge in [-0.05, 0) is 19.3 Å². The van der Waals surface area contributed by atoms with Crippen LogP contribution in [0.1, 0.15) is 24.8 Å². The zero-order chi connectivity index (χ0) is 12.4. The van der Waals surface area contributed by atoms with Crippen molar-refractivity contribution in [2.24, 2.45) is 12.8 Å². The summed E-state index contributed by atoms with van der Waals surface area (Å²) in [6, 6.07) is 0.0484. The first kappa shape index (κ1) is 11.8. The van der Waals surface area contributed by atoms with E-state index in [4.69, 9.17) is 18.0 Å². The summed E-state index contributed by atoms with van der Waals surface area (Å²) in [6.07, 6.45) is 4.80. The van der Waals surface area contributed by atoms with Crippen molar-refractivity contribution in [2.75, 3.05) is 5.32 Å². The number of hydrogen-bond donors (Lipinski definition) is 3. The van der Waals surface area contributed by atoms with E-state index in [-0.39, 0.29) is 17.1 Å². The van der Waals surface area contributed by atoms with E-state index in [1.54, 1.807) is 13.2 Å². The molecule has 7 heteroatoms. The van der Waals surface area contributed by atoms with Crippen LogP contribution in [0.25, 0.3) is 0 Å². The van der Waals surface area contributed by atoms with Crippen LogP contribution in [0.5, 0.6) is 0 Å². The van der Waals surface area contributed by atoms with Crippen LogP contribution in [0.3, 0.4) is 0 Å². The van der Waals surface area contributed by atoms with Gasteiger partial charge >= 0.3 is 6.03 Å². The number of aryl methyl sites for hydroxylation is 1. The normalized spacial score (nSPS) is 15.1. The highest BCUT2D eigenvalue weighted by atomic mass is 32.1. The third-order valence-electron chi connectivity index (χ3n) is 2.88. The number of carbonyl (C=O) groups excluding carboxylic acids is 1. The Morgan fingerprint density at radius 1 is 1.65 bits per heavy atom. The van der Waals surface area contributed by atoms with Crippen molar-refractivity contribution >= 4 is 29.1 Å². The van der Waals surface area contributed by atoms with Gasteiger partial charge in [0.1, 0.15) is 10.8 Å². The maximum absolute atomic E-state index is 11.7. The molecule has 0 aliphatic heterocycles. The van der Waals surface area contributed by atoms with Crippen molar-refractivity contribution < 1.29 is 4.79 Å². The highest BCUT2D eigenvalue weighted by Crippen LogP contribution is 2.18. The number of thiocarbonyl (C=S) groups is 1. The molecular formula is C10H15N5OS. The number of anilines is 1. The molecule has 4 N–H and O–H groups in total. The molecule has 0 atom stereocenters. The summed E-state index contributed by atoms with van der Waals surface area (Å²) >= 11 is 4.89. The highest BCUT2D eigenvalue weighted by molar-refractivity contribution is 7.80. The van der Waals surface area contributed by atoms with Gasteiger partial charge in [0.15, 0.2) is 0 Å². The summed E-state index contributed by atoms with van der Waals surface area (Å²) < 4.78 is 1.54. The molecule has 2 amide bonds. The van der Waals surface area contributed by atoms with E-state index in [1.807, 2.05) is 0 Å². The largest absolute Gasteiger partial charge is 0.389 e. The Bertz CT molecular complexity index is 452. The molecule has 1 aromatic rings. The maximum atomic E-state index is 11.7. The van der Waals surface area contributed by atoms with Gasteiger partial charge in [-0.3, -0.25) is 10.00 Å². The average Bonchev–Trinajstić information content (AvgIpc) is 2.55. The molecule has 0 bridgehead atoms. The molecule has 1 saturated carbocycles. The molecule has 1 aliphatic carbocycles. The molecule has 6 nitrogen and oxygen atoms in total. The molecule has 0 aromatic carbocycles. The lowest BCUT2D eigenvalue weighted by Gasteiger charge is -2.26. The number of carbonyl (C=O) groups is 1. The van der Waals surface area contributed by atoms with Crippen molar-refractivity contribution in [1.82, 2.24) is 15.1 Å². The Morgan fingerprint density at radius 3 is 2.88 bits per heavy atom. The van der Waals surface area contributed by atoms with Gasteiger partial charge in [0, 0.05) is 13.1 Å². The predicted molar refractivity (Wildman–Crippen MR) is 68.9 cm³/mol. The van der Waals surface area contributed by atoms with Gasteiger partial charge in [0.2, 0.25) is 0 Å².